The number of anilines is 1. The van der Waals surface area contributed by atoms with Crippen LogP contribution in [0.5, 0.6) is 5.75 Å². The van der Waals surface area contributed by atoms with E-state index in [9.17, 15) is 0 Å². The lowest BCUT2D eigenvalue weighted by molar-refractivity contribution is 0.125. The number of aromatic nitrogens is 1. The van der Waals surface area contributed by atoms with E-state index in [-0.39, 0.29) is 0 Å². The van der Waals surface area contributed by atoms with Crippen LogP contribution in [0.4, 0.5) is 5.69 Å². The molecule has 1 atom stereocenters. The first-order chi connectivity index (χ1) is 8.18. The molecule has 0 radical (unpaired) electrons. The predicted octanol–water partition coefficient (Wildman–Crippen LogP) is 2.18. The van der Waals surface area contributed by atoms with Gasteiger partial charge in [-0.15, -0.1) is 0 Å². The molecule has 0 aliphatic carbocycles. The normalized spacial score (nSPS) is 21.4. The number of halogens is 1. The summed E-state index contributed by atoms with van der Waals surface area (Å²) in [4.78, 5) is 6.23. The van der Waals surface area contributed by atoms with Crippen LogP contribution in [0.1, 0.15) is 19.3 Å². The molecule has 0 saturated carbocycles. The summed E-state index contributed by atoms with van der Waals surface area (Å²) in [6, 6.07) is 0.451. The molecule has 94 valence electrons. The van der Waals surface area contributed by atoms with E-state index in [1.165, 1.54) is 19.3 Å². The van der Waals surface area contributed by atoms with Crippen molar-refractivity contribution in [3.8, 4) is 5.75 Å². The lowest BCUT2D eigenvalue weighted by Crippen LogP contribution is -2.40. The Morgan fingerprint density at radius 3 is 3.06 bits per heavy atom. The molecule has 2 heterocycles. The van der Waals surface area contributed by atoms with Gasteiger partial charge in [-0.2, -0.15) is 0 Å². The highest BCUT2D eigenvalue weighted by molar-refractivity contribution is 6.32. The third kappa shape index (κ3) is 3.01. The van der Waals surface area contributed by atoms with Gasteiger partial charge in [0.05, 0.1) is 11.9 Å². The SMILES string of the molecule is CN1CCCCC1COc1c(N)cncc1Cl. The zero-order valence-electron chi connectivity index (χ0n) is 10.0. The second-order valence-corrected chi connectivity index (χ2v) is 4.89. The first-order valence-corrected chi connectivity index (χ1v) is 6.28. The molecule has 0 spiro atoms. The zero-order valence-corrected chi connectivity index (χ0v) is 10.8. The van der Waals surface area contributed by atoms with Crippen molar-refractivity contribution in [1.29, 1.82) is 0 Å². The molecule has 0 bridgehead atoms. The molecule has 0 aromatic carbocycles. The molecule has 1 fully saturated rings. The summed E-state index contributed by atoms with van der Waals surface area (Å²) in [6.07, 6.45) is 6.81. The zero-order chi connectivity index (χ0) is 12.3. The van der Waals surface area contributed by atoms with E-state index < -0.39 is 0 Å². The Balaban J connectivity index is 1.97. The Morgan fingerprint density at radius 2 is 2.35 bits per heavy atom. The number of nitrogen functional groups attached to an aromatic ring is 1. The minimum absolute atomic E-state index is 0.451. The minimum atomic E-state index is 0.451. The second kappa shape index (κ2) is 5.56. The third-order valence-electron chi connectivity index (χ3n) is 3.22. The molecule has 0 amide bonds. The summed E-state index contributed by atoms with van der Waals surface area (Å²) < 4.78 is 5.74. The molecule has 1 aromatic heterocycles. The topological polar surface area (TPSA) is 51.4 Å². The van der Waals surface area contributed by atoms with Crippen LogP contribution in [0.3, 0.4) is 0 Å². The van der Waals surface area contributed by atoms with Crippen LogP contribution in [-0.4, -0.2) is 36.1 Å². The van der Waals surface area contributed by atoms with E-state index in [1.54, 1.807) is 12.4 Å². The standard InChI is InChI=1S/C12H18ClN3O/c1-16-5-3-2-4-9(16)8-17-12-10(13)6-15-7-11(12)14/h6-7,9H,2-5,8,14H2,1H3. The number of hydrogen-bond acceptors (Lipinski definition) is 4. The van der Waals surface area contributed by atoms with Crippen LogP contribution >= 0.6 is 11.6 Å². The molecule has 4 nitrogen and oxygen atoms in total. The summed E-state index contributed by atoms with van der Waals surface area (Å²) in [6.45, 7) is 1.76. The summed E-state index contributed by atoms with van der Waals surface area (Å²) in [5.41, 5.74) is 6.28. The van der Waals surface area contributed by atoms with E-state index in [0.29, 0.717) is 29.1 Å². The molecule has 1 aliphatic rings. The number of nitrogens with zero attached hydrogens (tertiary/aromatic N) is 2. The van der Waals surface area contributed by atoms with Crippen LogP contribution in [-0.2, 0) is 0 Å². The van der Waals surface area contributed by atoms with Gasteiger partial charge in [-0.05, 0) is 26.4 Å². The van der Waals surface area contributed by atoms with Gasteiger partial charge >= 0.3 is 0 Å². The smallest absolute Gasteiger partial charge is 0.163 e. The highest BCUT2D eigenvalue weighted by Gasteiger charge is 2.20. The van der Waals surface area contributed by atoms with Crippen molar-refractivity contribution < 1.29 is 4.74 Å². The number of rotatable bonds is 3. The fraction of sp³-hybridized carbons (Fsp3) is 0.583. The number of nitrogens with two attached hydrogens (primary N) is 1. The second-order valence-electron chi connectivity index (χ2n) is 4.48. The molecule has 1 unspecified atom stereocenters. The van der Waals surface area contributed by atoms with E-state index >= 15 is 0 Å². The monoisotopic (exact) mass is 255 g/mol. The third-order valence-corrected chi connectivity index (χ3v) is 3.49. The predicted molar refractivity (Wildman–Crippen MR) is 69.4 cm³/mol. The van der Waals surface area contributed by atoms with Crippen LogP contribution in [0, 0.1) is 0 Å². The maximum atomic E-state index is 6.00. The van der Waals surface area contributed by atoms with Gasteiger partial charge in [-0.25, -0.2) is 0 Å². The van der Waals surface area contributed by atoms with Crippen molar-refractivity contribution in [3.05, 3.63) is 17.4 Å². The van der Waals surface area contributed by atoms with E-state index in [0.717, 1.165) is 6.54 Å². The Kier molecular flexibility index (Phi) is 4.07. The van der Waals surface area contributed by atoms with Crippen LogP contribution in [0.15, 0.2) is 12.4 Å². The maximum absolute atomic E-state index is 6.00. The number of ether oxygens (including phenoxy) is 1. The fourth-order valence-electron chi connectivity index (χ4n) is 2.12. The van der Waals surface area contributed by atoms with Gasteiger partial charge in [0.15, 0.2) is 5.75 Å². The van der Waals surface area contributed by atoms with Crippen molar-refractivity contribution in [1.82, 2.24) is 9.88 Å². The van der Waals surface area contributed by atoms with Gasteiger partial charge in [-0.1, -0.05) is 18.0 Å². The highest BCUT2D eigenvalue weighted by Crippen LogP contribution is 2.30. The number of likely N-dealkylation sites (N-methyl/N-ethyl adjacent to an activating group) is 1. The van der Waals surface area contributed by atoms with Crippen LogP contribution in [0.2, 0.25) is 5.02 Å². The molecule has 1 saturated heterocycles. The Labute approximate surface area is 107 Å². The lowest BCUT2D eigenvalue weighted by atomic mass is 10.0. The van der Waals surface area contributed by atoms with Crippen molar-refractivity contribution >= 4 is 17.3 Å². The van der Waals surface area contributed by atoms with E-state index in [2.05, 4.69) is 16.9 Å². The van der Waals surface area contributed by atoms with E-state index in [4.69, 9.17) is 22.1 Å². The molecular weight excluding hydrogens is 238 g/mol. The van der Waals surface area contributed by atoms with Gasteiger partial charge in [0, 0.05) is 12.2 Å². The number of hydrogen-bond donors (Lipinski definition) is 1. The molecule has 17 heavy (non-hydrogen) atoms. The molecule has 1 aromatic rings. The van der Waals surface area contributed by atoms with Gasteiger partial charge < -0.3 is 15.4 Å². The Morgan fingerprint density at radius 1 is 1.53 bits per heavy atom. The Bertz CT molecular complexity index is 366. The average Bonchev–Trinajstić information content (AvgIpc) is 2.30. The highest BCUT2D eigenvalue weighted by atomic mass is 35.5. The molecule has 1 aliphatic heterocycles. The van der Waals surface area contributed by atoms with E-state index in [1.807, 2.05) is 0 Å². The Hall–Kier alpha value is -1.00. The summed E-state index contributed by atoms with van der Waals surface area (Å²) in [5.74, 6) is 0.556. The van der Waals surface area contributed by atoms with Crippen molar-refractivity contribution in [2.75, 3.05) is 25.9 Å². The molecule has 2 N–H and O–H groups in total. The van der Waals surface area contributed by atoms with Crippen LogP contribution < -0.4 is 10.5 Å². The van der Waals surface area contributed by atoms with Gasteiger partial charge in [0.1, 0.15) is 11.6 Å². The summed E-state index contributed by atoms with van der Waals surface area (Å²) >= 11 is 6.00. The van der Waals surface area contributed by atoms with Gasteiger partial charge in [0.25, 0.3) is 0 Å². The minimum Gasteiger partial charge on any atom is -0.488 e. The molecule has 5 heteroatoms. The van der Waals surface area contributed by atoms with Crippen molar-refractivity contribution in [2.24, 2.45) is 0 Å². The largest absolute Gasteiger partial charge is 0.488 e. The number of piperidine rings is 1. The first-order valence-electron chi connectivity index (χ1n) is 5.90. The van der Waals surface area contributed by atoms with Crippen LogP contribution in [0.25, 0.3) is 0 Å². The summed E-state index contributed by atoms with van der Waals surface area (Å²) in [7, 11) is 2.13. The first kappa shape index (κ1) is 12.5. The average molecular weight is 256 g/mol. The van der Waals surface area contributed by atoms with Crippen molar-refractivity contribution in [2.45, 2.75) is 25.3 Å². The van der Waals surface area contributed by atoms with Crippen molar-refractivity contribution in [3.63, 3.8) is 0 Å². The lowest BCUT2D eigenvalue weighted by Gasteiger charge is -2.32. The number of pyridine rings is 1. The molecule has 2 rings (SSSR count). The maximum Gasteiger partial charge on any atom is 0.163 e. The van der Waals surface area contributed by atoms with Gasteiger partial charge in [-0.3, -0.25) is 4.98 Å². The molecular formula is C12H18ClN3O. The number of likely N-dealkylation sites (tertiary alicyclic amines) is 1. The fourth-order valence-corrected chi connectivity index (χ4v) is 2.34. The summed E-state index contributed by atoms with van der Waals surface area (Å²) in [5, 5.41) is 0.475. The van der Waals surface area contributed by atoms with Gasteiger partial charge in [0.2, 0.25) is 0 Å². The quantitative estimate of drug-likeness (QED) is 0.900.